The lowest BCUT2D eigenvalue weighted by molar-refractivity contribution is 0.265. The van der Waals surface area contributed by atoms with Crippen molar-refractivity contribution in [3.8, 4) is 0 Å². The van der Waals surface area contributed by atoms with E-state index in [1.54, 1.807) is 0 Å². The highest BCUT2D eigenvalue weighted by atomic mass is 15.2. The Morgan fingerprint density at radius 2 is 1.65 bits per heavy atom. The fourth-order valence-electron chi connectivity index (χ4n) is 1.78. The number of hydrogen-bond donors (Lipinski definition) is 4. The molecule has 0 fully saturated rings. The summed E-state index contributed by atoms with van der Waals surface area (Å²) in [4.78, 5) is 2.45. The number of nitrogens with zero attached hydrogens (tertiary/aromatic N) is 1. The summed E-state index contributed by atoms with van der Waals surface area (Å²) in [6.07, 6.45) is 0. The second-order valence-corrected chi connectivity index (χ2v) is 6.23. The summed E-state index contributed by atoms with van der Waals surface area (Å²) in [5.74, 6) is 0. The second-order valence-electron chi connectivity index (χ2n) is 6.23. The van der Waals surface area contributed by atoms with Gasteiger partial charge in [-0.25, -0.2) is 0 Å². The Kier molecular flexibility index (Phi) is 10.0. The van der Waals surface area contributed by atoms with Crippen molar-refractivity contribution >= 4 is 5.71 Å². The van der Waals surface area contributed by atoms with E-state index in [0.29, 0.717) is 11.8 Å². The Morgan fingerprint density at radius 1 is 1.10 bits per heavy atom. The van der Waals surface area contributed by atoms with Gasteiger partial charge in [0.25, 0.3) is 0 Å². The van der Waals surface area contributed by atoms with E-state index in [4.69, 9.17) is 5.41 Å². The highest BCUT2D eigenvalue weighted by molar-refractivity contribution is 5.87. The van der Waals surface area contributed by atoms with Gasteiger partial charge in [0.05, 0.1) is 5.54 Å². The molecule has 0 unspecified atom stereocenters. The van der Waals surface area contributed by atoms with Crippen LogP contribution in [0.25, 0.3) is 0 Å². The van der Waals surface area contributed by atoms with Gasteiger partial charge < -0.3 is 21.4 Å². The molecule has 5 nitrogen and oxygen atoms in total. The van der Waals surface area contributed by atoms with Crippen molar-refractivity contribution in [3.63, 3.8) is 0 Å². The van der Waals surface area contributed by atoms with Crippen molar-refractivity contribution in [2.45, 2.75) is 46.2 Å². The van der Waals surface area contributed by atoms with Gasteiger partial charge in [-0.05, 0) is 27.8 Å². The first kappa shape index (κ1) is 19.5. The molecule has 0 heterocycles. The van der Waals surface area contributed by atoms with Gasteiger partial charge in [-0.2, -0.15) is 0 Å². The summed E-state index contributed by atoms with van der Waals surface area (Å²) < 4.78 is 0. The van der Waals surface area contributed by atoms with Crippen molar-refractivity contribution in [3.05, 3.63) is 0 Å². The topological polar surface area (TPSA) is 63.2 Å². The molecule has 0 saturated carbocycles. The normalized spacial score (nSPS) is 12.4. The number of nitrogens with one attached hydrogen (secondary N) is 4. The minimum atomic E-state index is -0.204. The van der Waals surface area contributed by atoms with E-state index < -0.39 is 0 Å². The Labute approximate surface area is 125 Å². The average Bonchev–Trinajstić information content (AvgIpc) is 2.34. The molecule has 0 bridgehead atoms. The SMILES string of the molecule is CNCCN(CCNC(C)C)CCNC(C)(C)C(C)=N. The van der Waals surface area contributed by atoms with Gasteiger partial charge in [-0.1, -0.05) is 13.8 Å². The minimum absolute atomic E-state index is 0.204. The zero-order valence-electron chi connectivity index (χ0n) is 14.3. The van der Waals surface area contributed by atoms with Crippen molar-refractivity contribution < 1.29 is 0 Å². The van der Waals surface area contributed by atoms with Crippen LogP contribution in [0.5, 0.6) is 0 Å². The van der Waals surface area contributed by atoms with E-state index in [2.05, 4.69) is 48.5 Å². The Morgan fingerprint density at radius 3 is 2.15 bits per heavy atom. The molecule has 20 heavy (non-hydrogen) atoms. The lowest BCUT2D eigenvalue weighted by Gasteiger charge is -2.28. The van der Waals surface area contributed by atoms with Gasteiger partial charge >= 0.3 is 0 Å². The van der Waals surface area contributed by atoms with E-state index in [-0.39, 0.29) is 5.54 Å². The zero-order valence-corrected chi connectivity index (χ0v) is 14.3. The molecule has 0 spiro atoms. The van der Waals surface area contributed by atoms with Crippen molar-refractivity contribution in [2.75, 3.05) is 46.3 Å². The standard InChI is InChI=1S/C15H35N5/c1-13(2)18-8-11-20(10-7-17-6)12-9-19-15(4,5)14(3)16/h13,16-19H,7-12H2,1-6H3. The van der Waals surface area contributed by atoms with Gasteiger partial charge in [0.2, 0.25) is 0 Å². The highest BCUT2D eigenvalue weighted by Crippen LogP contribution is 2.02. The molecule has 0 aromatic rings. The first-order chi connectivity index (χ1) is 9.29. The van der Waals surface area contributed by atoms with Crippen molar-refractivity contribution in [1.82, 2.24) is 20.9 Å². The molecule has 0 atom stereocenters. The van der Waals surface area contributed by atoms with E-state index in [9.17, 15) is 0 Å². The summed E-state index contributed by atoms with van der Waals surface area (Å²) in [5, 5.41) is 17.9. The van der Waals surface area contributed by atoms with E-state index in [1.807, 2.05) is 14.0 Å². The molecule has 0 radical (unpaired) electrons. The van der Waals surface area contributed by atoms with Crippen LogP contribution in [0.4, 0.5) is 0 Å². The largest absolute Gasteiger partial charge is 0.318 e. The lowest BCUT2D eigenvalue weighted by Crippen LogP contribution is -2.49. The average molecular weight is 285 g/mol. The summed E-state index contributed by atoms with van der Waals surface area (Å²) in [6, 6.07) is 0.541. The molecule has 120 valence electrons. The molecule has 0 aromatic heterocycles. The Bertz CT molecular complexity index is 263. The zero-order chi connectivity index (χ0) is 15.6. The van der Waals surface area contributed by atoms with E-state index in [1.165, 1.54) is 0 Å². The van der Waals surface area contributed by atoms with Crippen LogP contribution in [0.15, 0.2) is 0 Å². The number of likely N-dealkylation sites (N-methyl/N-ethyl adjacent to an activating group) is 1. The molecular weight excluding hydrogens is 250 g/mol. The van der Waals surface area contributed by atoms with Crippen LogP contribution in [-0.4, -0.2) is 68.5 Å². The van der Waals surface area contributed by atoms with E-state index >= 15 is 0 Å². The molecule has 0 aromatic carbocycles. The predicted molar refractivity (Wildman–Crippen MR) is 89.0 cm³/mol. The van der Waals surface area contributed by atoms with Crippen molar-refractivity contribution in [1.29, 1.82) is 5.41 Å². The minimum Gasteiger partial charge on any atom is -0.318 e. The van der Waals surface area contributed by atoms with Crippen LogP contribution in [0.3, 0.4) is 0 Å². The Balaban J connectivity index is 4.05. The summed E-state index contributed by atoms with van der Waals surface area (Å²) in [7, 11) is 1.99. The second kappa shape index (κ2) is 10.3. The van der Waals surface area contributed by atoms with Crippen molar-refractivity contribution in [2.24, 2.45) is 0 Å². The van der Waals surface area contributed by atoms with Gasteiger partial charge in [0.15, 0.2) is 0 Å². The molecule has 0 aliphatic carbocycles. The third-order valence-electron chi connectivity index (χ3n) is 3.59. The fourth-order valence-corrected chi connectivity index (χ4v) is 1.78. The molecule has 0 amide bonds. The maximum Gasteiger partial charge on any atom is 0.0502 e. The fraction of sp³-hybridized carbons (Fsp3) is 0.933. The molecule has 0 saturated heterocycles. The molecule has 5 heteroatoms. The lowest BCUT2D eigenvalue weighted by atomic mass is 10.00. The Hall–Kier alpha value is -0.490. The number of hydrogen-bond acceptors (Lipinski definition) is 5. The molecule has 0 rings (SSSR count). The van der Waals surface area contributed by atoms with E-state index in [0.717, 1.165) is 39.3 Å². The highest BCUT2D eigenvalue weighted by Gasteiger charge is 2.19. The van der Waals surface area contributed by atoms with Gasteiger partial charge in [0, 0.05) is 51.0 Å². The molecular formula is C15H35N5. The monoisotopic (exact) mass is 285 g/mol. The summed E-state index contributed by atoms with van der Waals surface area (Å²) >= 11 is 0. The predicted octanol–water partition coefficient (Wildman–Crippen LogP) is 0.914. The number of rotatable bonds is 12. The third-order valence-corrected chi connectivity index (χ3v) is 3.59. The molecule has 0 aliphatic heterocycles. The van der Waals surface area contributed by atoms with Crippen LogP contribution < -0.4 is 16.0 Å². The maximum absolute atomic E-state index is 7.76. The van der Waals surface area contributed by atoms with Crippen LogP contribution in [-0.2, 0) is 0 Å². The summed E-state index contributed by atoms with van der Waals surface area (Å²) in [6.45, 7) is 16.4. The van der Waals surface area contributed by atoms with Crippen LogP contribution in [0, 0.1) is 5.41 Å². The van der Waals surface area contributed by atoms with Crippen LogP contribution >= 0.6 is 0 Å². The molecule has 4 N–H and O–H groups in total. The summed E-state index contributed by atoms with van der Waals surface area (Å²) in [5.41, 5.74) is 0.478. The quantitative estimate of drug-likeness (QED) is 0.403. The smallest absolute Gasteiger partial charge is 0.0502 e. The molecule has 0 aliphatic rings. The van der Waals surface area contributed by atoms with Crippen LogP contribution in [0.2, 0.25) is 0 Å². The first-order valence-corrected chi connectivity index (χ1v) is 7.70. The third kappa shape index (κ3) is 9.42. The van der Waals surface area contributed by atoms with Gasteiger partial charge in [-0.3, -0.25) is 4.90 Å². The first-order valence-electron chi connectivity index (χ1n) is 7.70. The van der Waals surface area contributed by atoms with Gasteiger partial charge in [0.1, 0.15) is 0 Å². The van der Waals surface area contributed by atoms with Crippen LogP contribution in [0.1, 0.15) is 34.6 Å². The maximum atomic E-state index is 7.76. The van der Waals surface area contributed by atoms with Gasteiger partial charge in [-0.15, -0.1) is 0 Å².